The molecule has 0 bridgehead atoms. The molecule has 7 heteroatoms. The molecule has 1 atom stereocenters. The number of carbonyl (C=O) groups excluding carboxylic acids is 1. The summed E-state index contributed by atoms with van der Waals surface area (Å²) in [7, 11) is 0. The van der Waals surface area contributed by atoms with Crippen LogP contribution in [0.3, 0.4) is 0 Å². The summed E-state index contributed by atoms with van der Waals surface area (Å²) in [5, 5.41) is 10.0. The van der Waals surface area contributed by atoms with Crippen LogP contribution >= 0.6 is 11.8 Å². The van der Waals surface area contributed by atoms with Crippen LogP contribution in [0.4, 0.5) is 0 Å². The summed E-state index contributed by atoms with van der Waals surface area (Å²) >= 11 is 1.46. The van der Waals surface area contributed by atoms with Crippen molar-refractivity contribution in [3.63, 3.8) is 0 Å². The van der Waals surface area contributed by atoms with Crippen molar-refractivity contribution in [1.82, 2.24) is 14.5 Å². The minimum absolute atomic E-state index is 0.0137. The Bertz CT molecular complexity index is 613. The fourth-order valence-corrected chi connectivity index (χ4v) is 4.56. The molecule has 1 aromatic heterocycles. The molecule has 0 saturated heterocycles. The van der Waals surface area contributed by atoms with Crippen molar-refractivity contribution < 1.29 is 9.90 Å². The number of rotatable bonds is 4. The number of amides is 1. The van der Waals surface area contributed by atoms with E-state index < -0.39 is 0 Å². The van der Waals surface area contributed by atoms with E-state index in [-0.39, 0.29) is 30.0 Å². The maximum atomic E-state index is 13.0. The summed E-state index contributed by atoms with van der Waals surface area (Å²) in [5.74, 6) is 0.493. The van der Waals surface area contributed by atoms with Crippen molar-refractivity contribution in [2.75, 3.05) is 18.9 Å². The number of aromatic nitrogens is 2. The Morgan fingerprint density at radius 2 is 2.17 bits per heavy atom. The van der Waals surface area contributed by atoms with E-state index in [0.717, 1.165) is 25.7 Å². The standard InChI is InChI=1S/C16H23N3O3S/c20-9-8-18(13-4-2-1-3-5-13)15(22)12-10-19-14(21)6-7-17-16(19)23-11-12/h6-7,12-13,20H,1-5,8-11H2. The van der Waals surface area contributed by atoms with Crippen LogP contribution in [0, 0.1) is 5.92 Å². The van der Waals surface area contributed by atoms with Crippen LogP contribution in [-0.2, 0) is 11.3 Å². The molecule has 1 aliphatic carbocycles. The molecular weight excluding hydrogens is 314 g/mol. The SMILES string of the molecule is O=C(C1CSc2nccc(=O)n2C1)N(CCO)C1CCCCC1. The molecule has 1 amide bonds. The number of carbonyl (C=O) groups is 1. The van der Waals surface area contributed by atoms with Crippen LogP contribution in [0.2, 0.25) is 0 Å². The normalized spacial score (nSPS) is 21.7. The minimum Gasteiger partial charge on any atom is -0.395 e. The molecule has 126 valence electrons. The Balaban J connectivity index is 1.75. The monoisotopic (exact) mass is 337 g/mol. The maximum absolute atomic E-state index is 13.0. The predicted octanol–water partition coefficient (Wildman–Crippen LogP) is 1.12. The summed E-state index contributed by atoms with van der Waals surface area (Å²) < 4.78 is 1.59. The highest BCUT2D eigenvalue weighted by Gasteiger charge is 2.33. The molecule has 3 rings (SSSR count). The van der Waals surface area contributed by atoms with E-state index in [1.54, 1.807) is 4.57 Å². The van der Waals surface area contributed by atoms with E-state index in [1.807, 2.05) is 4.90 Å². The fraction of sp³-hybridized carbons (Fsp3) is 0.688. The van der Waals surface area contributed by atoms with Gasteiger partial charge in [0.2, 0.25) is 5.91 Å². The number of hydrogen-bond donors (Lipinski definition) is 1. The van der Waals surface area contributed by atoms with Gasteiger partial charge in [-0.05, 0) is 12.8 Å². The number of thioether (sulfide) groups is 1. The largest absolute Gasteiger partial charge is 0.395 e. The smallest absolute Gasteiger partial charge is 0.254 e. The van der Waals surface area contributed by atoms with Crippen LogP contribution in [0.15, 0.2) is 22.2 Å². The zero-order valence-corrected chi connectivity index (χ0v) is 14.0. The lowest BCUT2D eigenvalue weighted by Gasteiger charge is -2.37. The Kier molecular flexibility index (Phi) is 5.38. The second-order valence-corrected chi connectivity index (χ2v) is 7.22. The predicted molar refractivity (Wildman–Crippen MR) is 88.4 cm³/mol. The highest BCUT2D eigenvalue weighted by Crippen LogP contribution is 2.29. The summed E-state index contributed by atoms with van der Waals surface area (Å²) in [6.45, 7) is 0.766. The minimum atomic E-state index is -0.220. The van der Waals surface area contributed by atoms with E-state index in [9.17, 15) is 14.7 Å². The molecule has 0 aromatic carbocycles. The molecule has 0 spiro atoms. The van der Waals surface area contributed by atoms with Gasteiger partial charge in [0.15, 0.2) is 5.16 Å². The van der Waals surface area contributed by atoms with Crippen molar-refractivity contribution in [3.05, 3.63) is 22.6 Å². The van der Waals surface area contributed by atoms with Gasteiger partial charge in [0.25, 0.3) is 5.56 Å². The Labute approximate surface area is 139 Å². The Hall–Kier alpha value is -1.34. The first kappa shape index (κ1) is 16.5. The zero-order valence-electron chi connectivity index (χ0n) is 13.2. The number of hydrogen-bond acceptors (Lipinski definition) is 5. The highest BCUT2D eigenvalue weighted by atomic mass is 32.2. The Morgan fingerprint density at radius 1 is 1.39 bits per heavy atom. The third kappa shape index (κ3) is 3.61. The maximum Gasteiger partial charge on any atom is 0.254 e. The van der Waals surface area contributed by atoms with E-state index in [4.69, 9.17) is 0 Å². The van der Waals surface area contributed by atoms with Gasteiger partial charge in [0.1, 0.15) is 0 Å². The van der Waals surface area contributed by atoms with Crippen LogP contribution < -0.4 is 5.56 Å². The quantitative estimate of drug-likeness (QED) is 0.833. The summed E-state index contributed by atoms with van der Waals surface area (Å²) in [6.07, 6.45) is 7.07. The number of aliphatic hydroxyl groups excluding tert-OH is 1. The molecule has 6 nitrogen and oxygen atoms in total. The van der Waals surface area contributed by atoms with Gasteiger partial charge >= 0.3 is 0 Å². The molecule has 1 aliphatic heterocycles. The first-order valence-electron chi connectivity index (χ1n) is 8.30. The van der Waals surface area contributed by atoms with Crippen LogP contribution in [-0.4, -0.2) is 50.4 Å². The van der Waals surface area contributed by atoms with Gasteiger partial charge in [-0.25, -0.2) is 4.98 Å². The molecule has 0 radical (unpaired) electrons. The number of aliphatic hydroxyl groups is 1. The van der Waals surface area contributed by atoms with Crippen molar-refractivity contribution >= 4 is 17.7 Å². The van der Waals surface area contributed by atoms with E-state index in [1.165, 1.54) is 30.4 Å². The van der Waals surface area contributed by atoms with Crippen molar-refractivity contribution in [3.8, 4) is 0 Å². The fourth-order valence-electron chi connectivity index (χ4n) is 3.51. The average molecular weight is 337 g/mol. The van der Waals surface area contributed by atoms with E-state index in [2.05, 4.69) is 4.98 Å². The van der Waals surface area contributed by atoms with Gasteiger partial charge in [0.05, 0.1) is 12.5 Å². The van der Waals surface area contributed by atoms with Crippen LogP contribution in [0.5, 0.6) is 0 Å². The molecule has 2 heterocycles. The number of fused-ring (bicyclic) bond motifs is 1. The molecule has 23 heavy (non-hydrogen) atoms. The lowest BCUT2D eigenvalue weighted by Crippen LogP contribution is -2.48. The van der Waals surface area contributed by atoms with Crippen LogP contribution in [0.1, 0.15) is 32.1 Å². The van der Waals surface area contributed by atoms with Gasteiger partial charge in [-0.1, -0.05) is 31.0 Å². The molecule has 1 saturated carbocycles. The van der Waals surface area contributed by atoms with Gasteiger partial charge in [-0.2, -0.15) is 0 Å². The highest BCUT2D eigenvalue weighted by molar-refractivity contribution is 7.99. The van der Waals surface area contributed by atoms with Gasteiger partial charge in [-0.15, -0.1) is 0 Å². The second-order valence-electron chi connectivity index (χ2n) is 6.23. The van der Waals surface area contributed by atoms with Crippen molar-refractivity contribution in [2.24, 2.45) is 5.92 Å². The summed E-state index contributed by atoms with van der Waals surface area (Å²) in [5.41, 5.74) is -0.105. The van der Waals surface area contributed by atoms with Gasteiger partial charge < -0.3 is 10.0 Å². The lowest BCUT2D eigenvalue weighted by atomic mass is 9.93. The van der Waals surface area contributed by atoms with E-state index in [0.29, 0.717) is 24.0 Å². The van der Waals surface area contributed by atoms with Crippen molar-refractivity contribution in [2.45, 2.75) is 49.8 Å². The van der Waals surface area contributed by atoms with E-state index >= 15 is 0 Å². The summed E-state index contributed by atoms with van der Waals surface area (Å²) in [6, 6.07) is 1.67. The van der Waals surface area contributed by atoms with Gasteiger partial charge in [-0.3, -0.25) is 14.2 Å². The zero-order chi connectivity index (χ0) is 16.2. The molecule has 1 N–H and O–H groups in total. The third-order valence-electron chi connectivity index (χ3n) is 4.70. The summed E-state index contributed by atoms with van der Waals surface area (Å²) in [4.78, 5) is 31.0. The Morgan fingerprint density at radius 3 is 2.91 bits per heavy atom. The topological polar surface area (TPSA) is 75.4 Å². The molecule has 1 aromatic rings. The molecule has 2 aliphatic rings. The molecule has 1 unspecified atom stereocenters. The molecular formula is C16H23N3O3S. The number of nitrogens with zero attached hydrogens (tertiary/aromatic N) is 3. The lowest BCUT2D eigenvalue weighted by molar-refractivity contribution is -0.139. The second kappa shape index (κ2) is 7.49. The average Bonchev–Trinajstić information content (AvgIpc) is 2.60. The third-order valence-corrected chi connectivity index (χ3v) is 5.86. The van der Waals surface area contributed by atoms with Crippen molar-refractivity contribution in [1.29, 1.82) is 0 Å². The first-order valence-corrected chi connectivity index (χ1v) is 9.29. The first-order chi connectivity index (χ1) is 11.2. The van der Waals surface area contributed by atoms with Gasteiger partial charge in [0, 0.05) is 37.1 Å². The van der Waals surface area contributed by atoms with Crippen LogP contribution in [0.25, 0.3) is 0 Å². The molecule has 1 fully saturated rings.